The molecule has 0 saturated carbocycles. The molecule has 2 N–H and O–H groups in total. The molecule has 0 aromatic heterocycles. The minimum absolute atomic E-state index is 0.0774. The number of carbonyl (C=O) groups excluding carboxylic acids is 3. The van der Waals surface area contributed by atoms with Crippen LogP contribution in [0.2, 0.25) is 0 Å². The zero-order valence-electron chi connectivity index (χ0n) is 20.5. The molecule has 0 aliphatic carbocycles. The van der Waals surface area contributed by atoms with Gasteiger partial charge in [-0.25, -0.2) is 4.79 Å². The Hall–Kier alpha value is -3.01. The Labute approximate surface area is 192 Å². The van der Waals surface area contributed by atoms with Crippen molar-refractivity contribution < 1.29 is 19.1 Å². The number of ether oxygens (including phenoxy) is 1. The Bertz CT molecular complexity index is 847. The van der Waals surface area contributed by atoms with Crippen LogP contribution in [0.3, 0.4) is 0 Å². The highest BCUT2D eigenvalue weighted by atomic mass is 16.6. The molecule has 7 nitrogen and oxygen atoms in total. The van der Waals surface area contributed by atoms with Gasteiger partial charge in [0.25, 0.3) is 5.91 Å². The van der Waals surface area contributed by atoms with E-state index in [0.717, 1.165) is 28.9 Å². The summed E-state index contributed by atoms with van der Waals surface area (Å²) in [5.41, 5.74) is 1.64. The number of benzene rings is 1. The zero-order chi connectivity index (χ0) is 24.6. The highest BCUT2D eigenvalue weighted by molar-refractivity contribution is 5.93. The van der Waals surface area contributed by atoms with Gasteiger partial charge in [-0.05, 0) is 71.6 Å². The lowest BCUT2D eigenvalue weighted by Crippen LogP contribution is -2.51. The van der Waals surface area contributed by atoms with Crippen LogP contribution in [0.5, 0.6) is 0 Å². The zero-order valence-corrected chi connectivity index (χ0v) is 20.5. The number of amides is 3. The van der Waals surface area contributed by atoms with Gasteiger partial charge in [-0.1, -0.05) is 38.0 Å². The van der Waals surface area contributed by atoms with Crippen LogP contribution in [0.25, 0.3) is 0 Å². The molecule has 176 valence electrons. The molecule has 0 spiro atoms. The SMILES string of the molecule is C#CN(C(=O)C(C)NC(=O)OC(C)(C)C)C(C(=O)NC(C)CCC)c1c(C)cccc1C. The Balaban J connectivity index is 3.31. The first-order valence-corrected chi connectivity index (χ1v) is 11.0. The Morgan fingerprint density at radius 3 is 2.16 bits per heavy atom. The molecular formula is C25H37N3O4. The van der Waals surface area contributed by atoms with Gasteiger partial charge in [-0.2, -0.15) is 0 Å². The first kappa shape index (κ1) is 27.0. The maximum atomic E-state index is 13.4. The van der Waals surface area contributed by atoms with Crippen molar-refractivity contribution >= 4 is 17.9 Å². The van der Waals surface area contributed by atoms with Crippen molar-refractivity contribution in [3.05, 3.63) is 34.9 Å². The molecule has 0 radical (unpaired) electrons. The lowest BCUT2D eigenvalue weighted by Gasteiger charge is -2.31. The van der Waals surface area contributed by atoms with Crippen LogP contribution in [-0.4, -0.2) is 40.5 Å². The van der Waals surface area contributed by atoms with E-state index in [9.17, 15) is 14.4 Å². The van der Waals surface area contributed by atoms with E-state index in [2.05, 4.69) is 16.7 Å². The molecule has 0 saturated heterocycles. The van der Waals surface area contributed by atoms with Crippen molar-refractivity contribution in [3.63, 3.8) is 0 Å². The molecule has 3 unspecified atom stereocenters. The Kier molecular flexibility index (Phi) is 9.77. The highest BCUT2D eigenvalue weighted by Gasteiger charge is 2.36. The molecule has 3 atom stereocenters. The standard InChI is InChI=1S/C25H37N3O4/c1-10-13-18(5)26-22(29)21(20-16(3)14-12-15-17(20)4)28(11-2)23(30)19(6)27-24(31)32-25(7,8)9/h2,12,14-15,18-19,21H,10,13H2,1,3-9H3,(H,26,29)(H,27,31). The van der Waals surface area contributed by atoms with Crippen LogP contribution in [0, 0.1) is 26.3 Å². The van der Waals surface area contributed by atoms with E-state index < -0.39 is 29.7 Å². The number of carbonyl (C=O) groups is 3. The summed E-state index contributed by atoms with van der Waals surface area (Å²) in [6.45, 7) is 14.4. The number of aryl methyl sites for hydroxylation is 2. The van der Waals surface area contributed by atoms with Gasteiger partial charge in [0.05, 0.1) is 0 Å². The molecule has 1 aromatic rings. The van der Waals surface area contributed by atoms with Crippen molar-refractivity contribution in [2.24, 2.45) is 0 Å². The molecule has 0 aliphatic heterocycles. The van der Waals surface area contributed by atoms with Crippen LogP contribution < -0.4 is 10.6 Å². The van der Waals surface area contributed by atoms with E-state index in [1.54, 1.807) is 20.8 Å². The van der Waals surface area contributed by atoms with E-state index in [4.69, 9.17) is 11.2 Å². The number of hydrogen-bond donors (Lipinski definition) is 2. The minimum atomic E-state index is -1.03. The molecule has 3 amide bonds. The van der Waals surface area contributed by atoms with E-state index >= 15 is 0 Å². The number of nitrogens with zero attached hydrogens (tertiary/aromatic N) is 1. The lowest BCUT2D eigenvalue weighted by atomic mass is 9.93. The maximum Gasteiger partial charge on any atom is 0.408 e. The molecular weight excluding hydrogens is 406 g/mol. The highest BCUT2D eigenvalue weighted by Crippen LogP contribution is 2.28. The average molecular weight is 444 g/mol. The van der Waals surface area contributed by atoms with Crippen LogP contribution in [0.4, 0.5) is 4.79 Å². The third-order valence-electron chi connectivity index (χ3n) is 4.91. The van der Waals surface area contributed by atoms with Gasteiger partial charge in [0.15, 0.2) is 0 Å². The van der Waals surface area contributed by atoms with Crippen LogP contribution >= 0.6 is 0 Å². The predicted octanol–water partition coefficient (Wildman–Crippen LogP) is 3.98. The minimum Gasteiger partial charge on any atom is -0.444 e. The van der Waals surface area contributed by atoms with Crippen LogP contribution in [0.15, 0.2) is 18.2 Å². The quantitative estimate of drug-likeness (QED) is 0.470. The Morgan fingerprint density at radius 1 is 1.12 bits per heavy atom. The van der Waals surface area contributed by atoms with Gasteiger partial charge < -0.3 is 15.4 Å². The number of alkyl carbamates (subject to hydrolysis) is 1. The summed E-state index contributed by atoms with van der Waals surface area (Å²) in [6.07, 6.45) is 6.71. The maximum absolute atomic E-state index is 13.4. The summed E-state index contributed by atoms with van der Waals surface area (Å²) in [5.74, 6) is -0.941. The summed E-state index contributed by atoms with van der Waals surface area (Å²) in [6, 6.07) is 5.91. The number of hydrogen-bond acceptors (Lipinski definition) is 4. The van der Waals surface area contributed by atoms with Gasteiger partial charge in [0.2, 0.25) is 5.91 Å². The summed E-state index contributed by atoms with van der Waals surface area (Å²) < 4.78 is 5.23. The normalized spacial score (nSPS) is 13.8. The lowest BCUT2D eigenvalue weighted by molar-refractivity contribution is -0.138. The Morgan fingerprint density at radius 2 is 1.69 bits per heavy atom. The monoisotopic (exact) mass is 443 g/mol. The van der Waals surface area contributed by atoms with E-state index in [1.165, 1.54) is 6.92 Å². The topological polar surface area (TPSA) is 87.7 Å². The van der Waals surface area contributed by atoms with Crippen molar-refractivity contribution in [1.82, 2.24) is 15.5 Å². The van der Waals surface area contributed by atoms with Gasteiger partial charge in [-0.15, -0.1) is 0 Å². The van der Waals surface area contributed by atoms with Crippen molar-refractivity contribution in [3.8, 4) is 12.5 Å². The summed E-state index contributed by atoms with van der Waals surface area (Å²) in [5, 5.41) is 5.48. The summed E-state index contributed by atoms with van der Waals surface area (Å²) >= 11 is 0. The number of rotatable bonds is 8. The third-order valence-corrected chi connectivity index (χ3v) is 4.91. The second-order valence-electron chi connectivity index (χ2n) is 9.11. The van der Waals surface area contributed by atoms with E-state index in [1.807, 2.05) is 45.9 Å². The average Bonchev–Trinajstić information content (AvgIpc) is 2.65. The van der Waals surface area contributed by atoms with Crippen molar-refractivity contribution in [2.75, 3.05) is 0 Å². The van der Waals surface area contributed by atoms with Crippen molar-refractivity contribution in [1.29, 1.82) is 0 Å². The molecule has 7 heteroatoms. The van der Waals surface area contributed by atoms with Gasteiger partial charge in [-0.3, -0.25) is 14.5 Å². The fourth-order valence-electron chi connectivity index (χ4n) is 3.48. The van der Waals surface area contributed by atoms with E-state index in [0.29, 0.717) is 5.56 Å². The smallest absolute Gasteiger partial charge is 0.408 e. The molecule has 0 aliphatic rings. The second-order valence-corrected chi connectivity index (χ2v) is 9.11. The van der Waals surface area contributed by atoms with E-state index in [-0.39, 0.29) is 11.9 Å². The molecule has 1 aromatic carbocycles. The fourth-order valence-corrected chi connectivity index (χ4v) is 3.48. The number of terminal acetylenes is 1. The van der Waals surface area contributed by atoms with Gasteiger partial charge >= 0.3 is 6.09 Å². The van der Waals surface area contributed by atoms with Crippen LogP contribution in [0.1, 0.15) is 77.1 Å². The summed E-state index contributed by atoms with van der Waals surface area (Å²) in [7, 11) is 0. The van der Waals surface area contributed by atoms with Gasteiger partial charge in [0, 0.05) is 12.1 Å². The molecule has 0 bridgehead atoms. The fraction of sp³-hybridized carbons (Fsp3) is 0.560. The first-order chi connectivity index (χ1) is 14.8. The third kappa shape index (κ3) is 7.60. The van der Waals surface area contributed by atoms with Gasteiger partial charge in [0.1, 0.15) is 17.7 Å². The molecule has 0 fully saturated rings. The molecule has 32 heavy (non-hydrogen) atoms. The number of nitrogens with one attached hydrogen (secondary N) is 2. The predicted molar refractivity (Wildman–Crippen MR) is 126 cm³/mol. The van der Waals surface area contributed by atoms with Crippen molar-refractivity contribution in [2.45, 2.75) is 92.0 Å². The second kappa shape index (κ2) is 11.6. The van der Waals surface area contributed by atoms with Crippen LogP contribution in [-0.2, 0) is 14.3 Å². The molecule has 0 heterocycles. The molecule has 1 rings (SSSR count). The largest absolute Gasteiger partial charge is 0.444 e. The first-order valence-electron chi connectivity index (χ1n) is 11.0. The summed E-state index contributed by atoms with van der Waals surface area (Å²) in [4.78, 5) is 39.8.